The zero-order chi connectivity index (χ0) is 57.1. The Balaban J connectivity index is 1.04. The summed E-state index contributed by atoms with van der Waals surface area (Å²) < 4.78 is 110. The summed E-state index contributed by atoms with van der Waals surface area (Å²) in [5.74, 6) is -4.25. The van der Waals surface area contributed by atoms with Crippen LogP contribution < -0.4 is 41.4 Å². The van der Waals surface area contributed by atoms with Crippen molar-refractivity contribution in [1.29, 1.82) is 0 Å². The molecule has 24 heteroatoms. The van der Waals surface area contributed by atoms with E-state index in [0.29, 0.717) is 62.8 Å². The van der Waals surface area contributed by atoms with Crippen molar-refractivity contribution in [3.8, 4) is 11.5 Å². The molecule has 0 atom stereocenters. The average Bonchev–Trinajstić information content (AvgIpc) is 4.20. The number of alkyl halides is 6. The molecule has 18 nitrogen and oxygen atoms in total. The topological polar surface area (TPSA) is 237 Å². The molecule has 5 aromatic rings. The van der Waals surface area contributed by atoms with Crippen LogP contribution in [0.5, 0.6) is 11.5 Å². The summed E-state index contributed by atoms with van der Waals surface area (Å²) in [6.45, 7) is 0.387. The Morgan fingerprint density at radius 3 is 1.21 bits per heavy atom. The second-order valence-electron chi connectivity index (χ2n) is 19.0. The normalized spacial score (nSPS) is 13.7. The number of nitrogens with one attached hydrogen (secondary N) is 6. The second-order valence-corrected chi connectivity index (χ2v) is 19.0. The van der Waals surface area contributed by atoms with E-state index in [4.69, 9.17) is 18.9 Å². The summed E-state index contributed by atoms with van der Waals surface area (Å²) in [5, 5.41) is 14.9. The number of carbonyl (C=O) groups is 6. The molecule has 2 saturated carbocycles. The largest absolute Gasteiger partial charge is 0.486 e. The predicted octanol–water partition coefficient (Wildman–Crippen LogP) is 11.7. The molecule has 1 aromatic heterocycles. The number of carbonyl (C=O) groups excluding carboxylic acids is 6. The maximum Gasteiger partial charge on any atom is 0.416 e. The zero-order valence-electron chi connectivity index (χ0n) is 43.4. The molecule has 2 aliphatic rings. The molecule has 0 unspecified atom stereocenters. The Kier molecular flexibility index (Phi) is 21.1. The lowest BCUT2D eigenvalue weighted by Gasteiger charge is -2.23. The number of anilines is 4. The van der Waals surface area contributed by atoms with Gasteiger partial charge in [0.1, 0.15) is 30.9 Å². The van der Waals surface area contributed by atoms with Crippen LogP contribution in [0.4, 0.5) is 58.7 Å². The van der Waals surface area contributed by atoms with Gasteiger partial charge < -0.3 is 50.8 Å². The SMILES string of the molecule is O=C(CCCCNC(=O)OCc1ccccc1)Nc1cc(C(F)(F)F)cc(NC(=O)c2cc(C(=O)Nc3cc(C(F)(F)F)cc(NC(=O)CCCCNC(=O)OCc4ccccc4)c3OC3CCCC3)ncn2)c1OC1CCCC1. The van der Waals surface area contributed by atoms with Gasteiger partial charge in [0, 0.05) is 32.0 Å². The highest BCUT2D eigenvalue weighted by Gasteiger charge is 2.36. The minimum atomic E-state index is -4.99. The van der Waals surface area contributed by atoms with E-state index < -0.39 is 106 Å². The maximum absolute atomic E-state index is 14.5. The van der Waals surface area contributed by atoms with E-state index in [9.17, 15) is 55.1 Å². The van der Waals surface area contributed by atoms with Crippen molar-refractivity contribution < 1.29 is 74.1 Å². The van der Waals surface area contributed by atoms with Crippen LogP contribution >= 0.6 is 0 Å². The summed E-state index contributed by atoms with van der Waals surface area (Å²) in [6.07, 6.45) is -5.73. The van der Waals surface area contributed by atoms with Crippen molar-refractivity contribution in [2.24, 2.45) is 0 Å². The third-order valence-corrected chi connectivity index (χ3v) is 12.8. The van der Waals surface area contributed by atoms with Crippen LogP contribution in [0.15, 0.2) is 97.3 Å². The summed E-state index contributed by atoms with van der Waals surface area (Å²) in [4.78, 5) is 86.6. The minimum Gasteiger partial charge on any atom is -0.486 e. The van der Waals surface area contributed by atoms with Crippen molar-refractivity contribution in [3.63, 3.8) is 0 Å². The lowest BCUT2D eigenvalue weighted by molar-refractivity contribution is -0.138. The number of amides is 6. The monoisotopic (exact) mass is 1120 g/mol. The van der Waals surface area contributed by atoms with Crippen molar-refractivity contribution in [3.05, 3.63) is 131 Å². The molecule has 0 aliphatic heterocycles. The van der Waals surface area contributed by atoms with Gasteiger partial charge in [-0.1, -0.05) is 60.7 Å². The van der Waals surface area contributed by atoms with Crippen molar-refractivity contribution >= 4 is 58.6 Å². The highest BCUT2D eigenvalue weighted by atomic mass is 19.4. The Morgan fingerprint density at radius 1 is 0.487 bits per heavy atom. The van der Waals surface area contributed by atoms with Crippen LogP contribution in [0.1, 0.15) is 133 Å². The van der Waals surface area contributed by atoms with E-state index in [-0.39, 0.29) is 63.5 Å². The molecule has 7 rings (SSSR count). The highest BCUT2D eigenvalue weighted by molar-refractivity contribution is 6.09. The molecule has 6 N–H and O–H groups in total. The molecule has 0 spiro atoms. The predicted molar refractivity (Wildman–Crippen MR) is 281 cm³/mol. The van der Waals surface area contributed by atoms with Crippen LogP contribution in [0.25, 0.3) is 0 Å². The van der Waals surface area contributed by atoms with Gasteiger partial charge >= 0.3 is 24.5 Å². The molecular weight excluding hydrogens is 1060 g/mol. The molecule has 80 heavy (non-hydrogen) atoms. The molecular formula is C56H60F6N8O10. The first-order chi connectivity index (χ1) is 38.4. The fraction of sp³-hybridized carbons (Fsp3) is 0.393. The number of benzene rings is 4. The van der Waals surface area contributed by atoms with Gasteiger partial charge in [0.25, 0.3) is 11.8 Å². The summed E-state index contributed by atoms with van der Waals surface area (Å²) >= 11 is 0. The molecule has 4 aromatic carbocycles. The number of rotatable bonds is 24. The van der Waals surface area contributed by atoms with Gasteiger partial charge in [-0.15, -0.1) is 0 Å². The second kappa shape index (κ2) is 28.4. The van der Waals surface area contributed by atoms with Crippen LogP contribution in [0.3, 0.4) is 0 Å². The average molecular weight is 1120 g/mol. The van der Waals surface area contributed by atoms with Gasteiger partial charge in [-0.25, -0.2) is 19.6 Å². The lowest BCUT2D eigenvalue weighted by Crippen LogP contribution is -2.25. The van der Waals surface area contributed by atoms with E-state index in [0.717, 1.165) is 49.2 Å². The van der Waals surface area contributed by atoms with Gasteiger partial charge in [-0.3, -0.25) is 19.2 Å². The number of hydrogen-bond donors (Lipinski definition) is 6. The van der Waals surface area contributed by atoms with Crippen LogP contribution in [-0.2, 0) is 44.6 Å². The van der Waals surface area contributed by atoms with E-state index in [1.807, 2.05) is 12.1 Å². The van der Waals surface area contributed by atoms with Crippen LogP contribution in [0, 0.1) is 0 Å². The number of nitrogens with zero attached hydrogens (tertiary/aromatic N) is 2. The smallest absolute Gasteiger partial charge is 0.416 e. The molecule has 2 aliphatic carbocycles. The number of unbranched alkanes of at least 4 members (excludes halogenated alkanes) is 2. The first kappa shape index (κ1) is 59.2. The minimum absolute atomic E-state index is 0.0498. The maximum atomic E-state index is 14.5. The molecule has 0 bridgehead atoms. The van der Waals surface area contributed by atoms with Crippen molar-refractivity contribution in [2.45, 2.75) is 128 Å². The molecule has 426 valence electrons. The number of aromatic nitrogens is 2. The summed E-state index contributed by atoms with van der Waals surface area (Å²) in [6, 6.07) is 21.5. The Labute approximate surface area is 456 Å². The third kappa shape index (κ3) is 18.3. The third-order valence-electron chi connectivity index (χ3n) is 12.8. The van der Waals surface area contributed by atoms with Crippen molar-refractivity contribution in [1.82, 2.24) is 20.6 Å². The van der Waals surface area contributed by atoms with Gasteiger partial charge in [0.2, 0.25) is 11.8 Å². The van der Waals surface area contributed by atoms with Gasteiger partial charge in [-0.05, 0) is 112 Å². The first-order valence-electron chi connectivity index (χ1n) is 26.1. The molecule has 1 heterocycles. The molecule has 6 amide bonds. The zero-order valence-corrected chi connectivity index (χ0v) is 43.4. The molecule has 2 fully saturated rings. The van der Waals surface area contributed by atoms with Gasteiger partial charge in [0.05, 0.1) is 46.1 Å². The Bertz CT molecular complexity index is 2750. The van der Waals surface area contributed by atoms with Crippen molar-refractivity contribution in [2.75, 3.05) is 34.4 Å². The number of hydrogen-bond acceptors (Lipinski definition) is 12. The first-order valence-corrected chi connectivity index (χ1v) is 26.1. The number of halogens is 6. The lowest BCUT2D eigenvalue weighted by atomic mass is 10.1. The fourth-order valence-corrected chi connectivity index (χ4v) is 8.71. The van der Waals surface area contributed by atoms with Gasteiger partial charge in [0.15, 0.2) is 11.5 Å². The molecule has 0 saturated heterocycles. The molecule has 0 radical (unpaired) electrons. The summed E-state index contributed by atoms with van der Waals surface area (Å²) in [5.41, 5.74) is -3.86. The van der Waals surface area contributed by atoms with Gasteiger partial charge in [-0.2, -0.15) is 26.3 Å². The van der Waals surface area contributed by atoms with Crippen LogP contribution in [0.2, 0.25) is 0 Å². The number of alkyl carbamates (subject to hydrolysis) is 2. The number of ether oxygens (including phenoxy) is 4. The quantitative estimate of drug-likeness (QED) is 0.0250. The van der Waals surface area contributed by atoms with E-state index >= 15 is 0 Å². The van der Waals surface area contributed by atoms with Crippen LogP contribution in [-0.4, -0.2) is 71.1 Å². The van der Waals surface area contributed by atoms with E-state index in [1.54, 1.807) is 48.5 Å². The standard InChI is InChI=1S/C56H60F6N8O10/c57-55(58,59)37-27-41(67-47(71)23-11-13-25-63-53(75)77-32-35-15-3-1-4-16-35)49(79-39-19-7-8-20-39)43(29-37)69-51(73)45-31-46(66-34-65-45)52(74)70-44-30-38(56(60,61)62)28-42(50(44)80-40-21-9-10-22-40)68-48(72)24-12-14-26-64-54(76)78-33-36-17-5-2-6-18-36/h1-6,15-18,27-31,34,39-40H,7-14,19-26,32-33H2,(H,63,75)(H,64,76)(H,67,71)(H,68,72)(H,69,73)(H,70,74). The Morgan fingerprint density at radius 2 is 0.850 bits per heavy atom. The van der Waals surface area contributed by atoms with E-state index in [2.05, 4.69) is 41.9 Å². The Hall–Kier alpha value is -8.44. The highest BCUT2D eigenvalue weighted by Crippen LogP contribution is 2.44. The van der Waals surface area contributed by atoms with E-state index in [1.165, 1.54) is 0 Å². The summed E-state index contributed by atoms with van der Waals surface area (Å²) in [7, 11) is 0. The fourth-order valence-electron chi connectivity index (χ4n) is 8.71.